The normalized spacial score (nSPS) is 13.7. The maximum Gasteiger partial charge on any atom is 0.106 e. The van der Waals surface area contributed by atoms with Gasteiger partial charge in [0.15, 0.2) is 0 Å². The van der Waals surface area contributed by atoms with Crippen LogP contribution in [0.25, 0.3) is 0 Å². The number of aliphatic hydroxyl groups is 1. The zero-order valence-corrected chi connectivity index (χ0v) is 8.76. The number of hydrogen-bond donors (Lipinski definition) is 2. The average molecular weight is 182 g/mol. The van der Waals surface area contributed by atoms with E-state index in [1.807, 2.05) is 27.7 Å². The Bertz CT molecular complexity index is 278. The van der Waals surface area contributed by atoms with Crippen LogP contribution in [0.15, 0.2) is 0 Å². The molecule has 0 aromatic carbocycles. The molecule has 0 fully saturated rings. The molecule has 1 unspecified atom stereocenters. The molecule has 0 radical (unpaired) electrons. The van der Waals surface area contributed by atoms with Gasteiger partial charge >= 0.3 is 0 Å². The van der Waals surface area contributed by atoms with E-state index in [0.717, 1.165) is 23.6 Å². The van der Waals surface area contributed by atoms with Gasteiger partial charge in [-0.2, -0.15) is 0 Å². The molecule has 3 nitrogen and oxygen atoms in total. The summed E-state index contributed by atoms with van der Waals surface area (Å²) in [5, 5.41) is 9.80. The van der Waals surface area contributed by atoms with E-state index in [4.69, 9.17) is 0 Å². The van der Waals surface area contributed by atoms with Gasteiger partial charge in [-0.3, -0.25) is 0 Å². The van der Waals surface area contributed by atoms with Gasteiger partial charge in [-0.15, -0.1) is 0 Å². The third-order valence-electron chi connectivity index (χ3n) is 2.22. The summed E-state index contributed by atoms with van der Waals surface area (Å²) < 4.78 is 0. The van der Waals surface area contributed by atoms with Crippen molar-refractivity contribution in [3.63, 3.8) is 0 Å². The molecule has 0 saturated heterocycles. The topological polar surface area (TPSA) is 48.9 Å². The van der Waals surface area contributed by atoms with Crippen LogP contribution in [0.5, 0.6) is 0 Å². The van der Waals surface area contributed by atoms with Crippen LogP contribution in [0, 0.1) is 12.8 Å². The van der Waals surface area contributed by atoms with Gasteiger partial charge in [-0.05, 0) is 12.8 Å². The summed E-state index contributed by atoms with van der Waals surface area (Å²) in [6.07, 6.45) is 0.433. The first-order valence-corrected chi connectivity index (χ1v) is 4.79. The fourth-order valence-corrected chi connectivity index (χ4v) is 1.31. The van der Waals surface area contributed by atoms with Crippen LogP contribution in [-0.2, 0) is 6.42 Å². The number of nitrogens with one attached hydrogen (secondary N) is 1. The van der Waals surface area contributed by atoms with E-state index in [2.05, 4.69) is 9.97 Å². The van der Waals surface area contributed by atoms with Crippen LogP contribution < -0.4 is 0 Å². The van der Waals surface area contributed by atoms with E-state index in [1.165, 1.54) is 0 Å². The maximum absolute atomic E-state index is 9.80. The molecule has 2 N–H and O–H groups in total. The Morgan fingerprint density at radius 1 is 1.46 bits per heavy atom. The Morgan fingerprint density at radius 3 is 2.46 bits per heavy atom. The summed E-state index contributed by atoms with van der Waals surface area (Å²) in [6, 6.07) is 0. The van der Waals surface area contributed by atoms with Crippen molar-refractivity contribution < 1.29 is 5.11 Å². The first-order chi connectivity index (χ1) is 6.06. The number of rotatable bonds is 3. The summed E-state index contributed by atoms with van der Waals surface area (Å²) >= 11 is 0. The minimum absolute atomic E-state index is 0.215. The SMILES string of the molecule is CCc1nc(C(O)C(C)C)c(C)[nH]1. The van der Waals surface area contributed by atoms with Gasteiger partial charge in [0, 0.05) is 12.1 Å². The number of hydrogen-bond acceptors (Lipinski definition) is 2. The number of aliphatic hydroxyl groups excluding tert-OH is 1. The zero-order valence-electron chi connectivity index (χ0n) is 8.76. The fraction of sp³-hybridized carbons (Fsp3) is 0.700. The van der Waals surface area contributed by atoms with Crippen molar-refractivity contribution in [1.29, 1.82) is 0 Å². The minimum Gasteiger partial charge on any atom is -0.386 e. The molecule has 0 aliphatic carbocycles. The molecule has 0 amide bonds. The van der Waals surface area contributed by atoms with Crippen molar-refractivity contribution in [3.05, 3.63) is 17.2 Å². The second kappa shape index (κ2) is 3.92. The molecule has 1 heterocycles. The molecule has 1 atom stereocenters. The molecule has 3 heteroatoms. The van der Waals surface area contributed by atoms with Crippen LogP contribution in [-0.4, -0.2) is 15.1 Å². The maximum atomic E-state index is 9.80. The largest absolute Gasteiger partial charge is 0.386 e. The summed E-state index contributed by atoms with van der Waals surface area (Å²) in [5.74, 6) is 1.17. The van der Waals surface area contributed by atoms with E-state index in [9.17, 15) is 5.11 Å². The zero-order chi connectivity index (χ0) is 10.0. The van der Waals surface area contributed by atoms with E-state index in [0.29, 0.717) is 0 Å². The lowest BCUT2D eigenvalue weighted by Crippen LogP contribution is -2.07. The molecule has 74 valence electrons. The lowest BCUT2D eigenvalue weighted by molar-refractivity contribution is 0.122. The second-order valence-electron chi connectivity index (χ2n) is 3.74. The van der Waals surface area contributed by atoms with Gasteiger partial charge in [0.25, 0.3) is 0 Å². The third-order valence-corrected chi connectivity index (χ3v) is 2.22. The molecule has 0 bridgehead atoms. The molecule has 0 saturated carbocycles. The van der Waals surface area contributed by atoms with Gasteiger partial charge < -0.3 is 10.1 Å². The second-order valence-corrected chi connectivity index (χ2v) is 3.74. The average Bonchev–Trinajstić information content (AvgIpc) is 2.45. The van der Waals surface area contributed by atoms with Crippen molar-refractivity contribution in [2.24, 2.45) is 5.92 Å². The highest BCUT2D eigenvalue weighted by Gasteiger charge is 2.17. The number of nitrogens with zero attached hydrogens (tertiary/aromatic N) is 1. The van der Waals surface area contributed by atoms with Crippen molar-refractivity contribution >= 4 is 0 Å². The molecule has 1 aromatic heterocycles. The predicted molar refractivity (Wildman–Crippen MR) is 52.5 cm³/mol. The summed E-state index contributed by atoms with van der Waals surface area (Å²) in [4.78, 5) is 7.50. The molecule has 1 aromatic rings. The van der Waals surface area contributed by atoms with Gasteiger partial charge in [0.05, 0.1) is 5.69 Å². The Balaban J connectivity index is 2.93. The molecule has 0 aliphatic rings. The van der Waals surface area contributed by atoms with E-state index < -0.39 is 6.10 Å². The number of H-pyrrole nitrogens is 1. The molecule has 0 aliphatic heterocycles. The monoisotopic (exact) mass is 182 g/mol. The first kappa shape index (κ1) is 10.3. The predicted octanol–water partition coefficient (Wildman–Crippen LogP) is 1.97. The fourth-order valence-electron chi connectivity index (χ4n) is 1.31. The van der Waals surface area contributed by atoms with Crippen LogP contribution in [0.1, 0.15) is 44.1 Å². The Kier molecular flexibility index (Phi) is 3.09. The van der Waals surface area contributed by atoms with Crippen LogP contribution in [0.2, 0.25) is 0 Å². The number of aromatic amines is 1. The van der Waals surface area contributed by atoms with Crippen LogP contribution in [0.3, 0.4) is 0 Å². The van der Waals surface area contributed by atoms with E-state index in [1.54, 1.807) is 0 Å². The molecule has 13 heavy (non-hydrogen) atoms. The van der Waals surface area contributed by atoms with E-state index in [-0.39, 0.29) is 5.92 Å². The smallest absolute Gasteiger partial charge is 0.106 e. The van der Waals surface area contributed by atoms with Crippen molar-refractivity contribution in [2.75, 3.05) is 0 Å². The molecular weight excluding hydrogens is 164 g/mol. The van der Waals surface area contributed by atoms with Crippen molar-refractivity contribution in [2.45, 2.75) is 40.2 Å². The summed E-state index contributed by atoms with van der Waals surface area (Å²) in [6.45, 7) is 7.98. The van der Waals surface area contributed by atoms with Crippen molar-refractivity contribution in [3.8, 4) is 0 Å². The lowest BCUT2D eigenvalue weighted by Gasteiger charge is -2.12. The number of imidazole rings is 1. The summed E-state index contributed by atoms with van der Waals surface area (Å²) in [7, 11) is 0. The van der Waals surface area contributed by atoms with Gasteiger partial charge in [0.1, 0.15) is 11.9 Å². The highest BCUT2D eigenvalue weighted by Crippen LogP contribution is 2.22. The Morgan fingerprint density at radius 2 is 2.08 bits per heavy atom. The Labute approximate surface area is 79.2 Å². The number of aryl methyl sites for hydroxylation is 2. The minimum atomic E-state index is -0.448. The standard InChI is InChI=1S/C10H18N2O/c1-5-8-11-7(4)9(12-8)10(13)6(2)3/h6,10,13H,5H2,1-4H3,(H,11,12). The van der Waals surface area contributed by atoms with E-state index >= 15 is 0 Å². The van der Waals surface area contributed by atoms with Gasteiger partial charge in [0.2, 0.25) is 0 Å². The number of aromatic nitrogens is 2. The van der Waals surface area contributed by atoms with Gasteiger partial charge in [-0.25, -0.2) is 4.98 Å². The highest BCUT2D eigenvalue weighted by molar-refractivity contribution is 5.16. The van der Waals surface area contributed by atoms with Gasteiger partial charge in [-0.1, -0.05) is 20.8 Å². The molecule has 0 spiro atoms. The third kappa shape index (κ3) is 2.10. The summed E-state index contributed by atoms with van der Waals surface area (Å²) in [5.41, 5.74) is 1.78. The quantitative estimate of drug-likeness (QED) is 0.750. The lowest BCUT2D eigenvalue weighted by atomic mass is 10.0. The Hall–Kier alpha value is -0.830. The highest BCUT2D eigenvalue weighted by atomic mass is 16.3. The van der Waals surface area contributed by atoms with Crippen molar-refractivity contribution in [1.82, 2.24) is 9.97 Å². The first-order valence-electron chi connectivity index (χ1n) is 4.79. The molecule has 1 rings (SSSR count). The van der Waals surface area contributed by atoms with Crippen LogP contribution in [0.4, 0.5) is 0 Å². The molecular formula is C10H18N2O. The van der Waals surface area contributed by atoms with Crippen LogP contribution >= 0.6 is 0 Å².